The van der Waals surface area contributed by atoms with Crippen LogP contribution >= 0.6 is 12.2 Å². The average molecular weight is 224 g/mol. The maximum atomic E-state index is 13.3. The molecule has 0 atom stereocenters. The van der Waals surface area contributed by atoms with Crippen molar-refractivity contribution in [2.75, 3.05) is 11.9 Å². The topological polar surface area (TPSA) is 24.1 Å². The highest BCUT2D eigenvalue weighted by atomic mass is 32.1. The van der Waals surface area contributed by atoms with Gasteiger partial charge in [0.2, 0.25) is 0 Å². The van der Waals surface area contributed by atoms with Gasteiger partial charge in [-0.3, -0.25) is 0 Å². The Kier molecular flexibility index (Phi) is 4.24. The summed E-state index contributed by atoms with van der Waals surface area (Å²) in [7, 11) is 0. The van der Waals surface area contributed by atoms with Gasteiger partial charge in [-0.05, 0) is 36.8 Å². The summed E-state index contributed by atoms with van der Waals surface area (Å²) in [5, 5.41) is 6.03. The molecule has 0 aliphatic carbocycles. The molecule has 1 aromatic rings. The number of thiocarbonyl (C=S) groups is 1. The van der Waals surface area contributed by atoms with Gasteiger partial charge in [-0.1, -0.05) is 12.1 Å². The molecule has 1 aromatic carbocycles. The molecule has 0 unspecified atom stereocenters. The standard InChI is InChI=1S/C11H13FN2S/c1-3-6-13-11(15)14-10-7-8(2)4-5-9(10)12/h3-5,7H,1,6H2,2H3,(H2,13,14,15). The minimum Gasteiger partial charge on any atom is -0.359 e. The highest BCUT2D eigenvalue weighted by Crippen LogP contribution is 2.15. The van der Waals surface area contributed by atoms with Crippen molar-refractivity contribution in [3.8, 4) is 0 Å². The predicted molar refractivity (Wildman–Crippen MR) is 65.6 cm³/mol. The number of rotatable bonds is 3. The van der Waals surface area contributed by atoms with Crippen LogP contribution in [0.1, 0.15) is 5.56 Å². The smallest absolute Gasteiger partial charge is 0.171 e. The molecule has 0 aliphatic rings. The molecular weight excluding hydrogens is 211 g/mol. The first-order chi connectivity index (χ1) is 7.13. The van der Waals surface area contributed by atoms with Gasteiger partial charge >= 0.3 is 0 Å². The Bertz CT molecular complexity index is 377. The molecule has 0 aliphatic heterocycles. The second-order valence-electron chi connectivity index (χ2n) is 3.11. The van der Waals surface area contributed by atoms with Crippen molar-refractivity contribution in [2.24, 2.45) is 0 Å². The fraction of sp³-hybridized carbons (Fsp3) is 0.182. The summed E-state index contributed by atoms with van der Waals surface area (Å²) in [5.41, 5.74) is 1.36. The van der Waals surface area contributed by atoms with E-state index in [1.807, 2.05) is 6.92 Å². The van der Waals surface area contributed by atoms with Crippen LogP contribution in [0.3, 0.4) is 0 Å². The van der Waals surface area contributed by atoms with Gasteiger partial charge in [-0.25, -0.2) is 4.39 Å². The van der Waals surface area contributed by atoms with Crippen molar-refractivity contribution < 1.29 is 4.39 Å². The molecular formula is C11H13FN2S. The van der Waals surface area contributed by atoms with Crippen LogP contribution in [0, 0.1) is 12.7 Å². The maximum Gasteiger partial charge on any atom is 0.171 e. The Morgan fingerprint density at radius 2 is 2.33 bits per heavy atom. The van der Waals surface area contributed by atoms with E-state index in [1.165, 1.54) is 6.07 Å². The Morgan fingerprint density at radius 1 is 1.60 bits per heavy atom. The van der Waals surface area contributed by atoms with E-state index >= 15 is 0 Å². The Labute approximate surface area is 94.2 Å². The molecule has 2 N–H and O–H groups in total. The van der Waals surface area contributed by atoms with E-state index in [-0.39, 0.29) is 5.82 Å². The van der Waals surface area contributed by atoms with Gasteiger partial charge < -0.3 is 10.6 Å². The van der Waals surface area contributed by atoms with Gasteiger partial charge in [0.05, 0.1) is 5.69 Å². The lowest BCUT2D eigenvalue weighted by atomic mass is 10.2. The Balaban J connectivity index is 2.67. The van der Waals surface area contributed by atoms with Gasteiger partial charge in [0, 0.05) is 6.54 Å². The van der Waals surface area contributed by atoms with E-state index in [4.69, 9.17) is 12.2 Å². The van der Waals surface area contributed by atoms with Crippen molar-refractivity contribution in [3.63, 3.8) is 0 Å². The summed E-state index contributed by atoms with van der Waals surface area (Å²) < 4.78 is 13.3. The van der Waals surface area contributed by atoms with E-state index in [0.29, 0.717) is 17.3 Å². The normalized spacial score (nSPS) is 9.47. The summed E-state index contributed by atoms with van der Waals surface area (Å²) >= 11 is 4.97. The van der Waals surface area contributed by atoms with Crippen LogP contribution < -0.4 is 10.6 Å². The van der Waals surface area contributed by atoms with E-state index in [9.17, 15) is 4.39 Å². The van der Waals surface area contributed by atoms with E-state index in [0.717, 1.165) is 5.56 Å². The van der Waals surface area contributed by atoms with Crippen LogP contribution in [0.15, 0.2) is 30.9 Å². The third-order valence-electron chi connectivity index (χ3n) is 1.78. The van der Waals surface area contributed by atoms with Crippen molar-refractivity contribution in [1.82, 2.24) is 5.32 Å². The molecule has 0 spiro atoms. The number of hydrogen-bond donors (Lipinski definition) is 2. The second kappa shape index (κ2) is 5.46. The first kappa shape index (κ1) is 11.7. The summed E-state index contributed by atoms with van der Waals surface area (Å²) in [6.07, 6.45) is 1.68. The largest absolute Gasteiger partial charge is 0.359 e. The third-order valence-corrected chi connectivity index (χ3v) is 2.02. The predicted octanol–water partition coefficient (Wildman–Crippen LogP) is 2.61. The highest BCUT2D eigenvalue weighted by Gasteiger charge is 2.03. The maximum absolute atomic E-state index is 13.3. The van der Waals surface area contributed by atoms with Crippen molar-refractivity contribution >= 4 is 23.0 Å². The number of aryl methyl sites for hydroxylation is 1. The zero-order valence-corrected chi connectivity index (χ0v) is 9.33. The molecule has 0 radical (unpaired) electrons. The fourth-order valence-corrected chi connectivity index (χ4v) is 1.26. The molecule has 1 rings (SSSR count). The van der Waals surface area contributed by atoms with Gasteiger partial charge in [-0.2, -0.15) is 0 Å². The molecule has 0 heterocycles. The van der Waals surface area contributed by atoms with Gasteiger partial charge in [0.25, 0.3) is 0 Å². The summed E-state index contributed by atoms with van der Waals surface area (Å²) in [4.78, 5) is 0. The van der Waals surface area contributed by atoms with Crippen molar-refractivity contribution in [2.45, 2.75) is 6.92 Å². The third kappa shape index (κ3) is 3.67. The average Bonchev–Trinajstić information content (AvgIpc) is 2.20. The van der Waals surface area contributed by atoms with Crippen LogP contribution in [-0.4, -0.2) is 11.7 Å². The minimum atomic E-state index is -0.316. The Hall–Kier alpha value is -1.42. The molecule has 0 aromatic heterocycles. The zero-order valence-electron chi connectivity index (χ0n) is 8.51. The Morgan fingerprint density at radius 3 is 3.00 bits per heavy atom. The molecule has 15 heavy (non-hydrogen) atoms. The molecule has 0 saturated heterocycles. The fourth-order valence-electron chi connectivity index (χ4n) is 1.07. The number of nitrogens with one attached hydrogen (secondary N) is 2. The highest BCUT2D eigenvalue weighted by molar-refractivity contribution is 7.80. The van der Waals surface area contributed by atoms with Crippen LogP contribution in [-0.2, 0) is 0 Å². The SMILES string of the molecule is C=CCNC(=S)Nc1cc(C)ccc1F. The van der Waals surface area contributed by atoms with Crippen molar-refractivity contribution in [1.29, 1.82) is 0 Å². The minimum absolute atomic E-state index is 0.316. The van der Waals surface area contributed by atoms with E-state index < -0.39 is 0 Å². The molecule has 2 nitrogen and oxygen atoms in total. The first-order valence-electron chi connectivity index (χ1n) is 4.55. The molecule has 0 fully saturated rings. The summed E-state index contributed by atoms with van der Waals surface area (Å²) in [5.74, 6) is -0.316. The molecule has 0 saturated carbocycles. The van der Waals surface area contributed by atoms with Gasteiger partial charge in [0.1, 0.15) is 5.82 Å². The zero-order chi connectivity index (χ0) is 11.3. The molecule has 80 valence electrons. The van der Waals surface area contributed by atoms with Crippen LogP contribution in [0.2, 0.25) is 0 Å². The van der Waals surface area contributed by atoms with Gasteiger partial charge in [-0.15, -0.1) is 6.58 Å². The summed E-state index contributed by atoms with van der Waals surface area (Å²) in [6.45, 7) is 6.00. The van der Waals surface area contributed by atoms with Crippen LogP contribution in [0.25, 0.3) is 0 Å². The summed E-state index contributed by atoms with van der Waals surface area (Å²) in [6, 6.07) is 4.83. The number of halogens is 1. The monoisotopic (exact) mass is 224 g/mol. The van der Waals surface area contributed by atoms with Gasteiger partial charge in [0.15, 0.2) is 5.11 Å². The lowest BCUT2D eigenvalue weighted by Gasteiger charge is -2.10. The number of hydrogen-bond acceptors (Lipinski definition) is 1. The number of anilines is 1. The lowest BCUT2D eigenvalue weighted by molar-refractivity contribution is 0.631. The quantitative estimate of drug-likeness (QED) is 0.609. The second-order valence-corrected chi connectivity index (χ2v) is 3.52. The molecule has 4 heteroatoms. The van der Waals surface area contributed by atoms with E-state index in [1.54, 1.807) is 18.2 Å². The number of benzene rings is 1. The van der Waals surface area contributed by atoms with E-state index in [2.05, 4.69) is 17.2 Å². The molecule has 0 bridgehead atoms. The van der Waals surface area contributed by atoms with Crippen molar-refractivity contribution in [3.05, 3.63) is 42.2 Å². The molecule has 0 amide bonds. The lowest BCUT2D eigenvalue weighted by Crippen LogP contribution is -2.28. The first-order valence-corrected chi connectivity index (χ1v) is 4.96. The van der Waals surface area contributed by atoms with Crippen LogP contribution in [0.4, 0.5) is 10.1 Å². The van der Waals surface area contributed by atoms with Crippen LogP contribution in [0.5, 0.6) is 0 Å².